The zero-order valence-electron chi connectivity index (χ0n) is 12.1. The molecule has 0 atom stereocenters. The standard InChI is InChI=1S/C17H21N3/c1-13-3-7-16(8-4-13)20(2)17-11-14(9-10-18-17)12-19-15-5-6-15/h3-4,7-11,15,19H,5-6,12H2,1-2H3. The second-order valence-electron chi connectivity index (χ2n) is 5.57. The predicted molar refractivity (Wildman–Crippen MR) is 83.3 cm³/mol. The average Bonchev–Trinajstić information content (AvgIpc) is 3.30. The van der Waals surface area contributed by atoms with Crippen molar-refractivity contribution in [2.75, 3.05) is 11.9 Å². The molecule has 1 aromatic heterocycles. The molecule has 1 fully saturated rings. The summed E-state index contributed by atoms with van der Waals surface area (Å²) < 4.78 is 0. The number of hydrogen-bond acceptors (Lipinski definition) is 3. The van der Waals surface area contributed by atoms with Gasteiger partial charge in [-0.2, -0.15) is 0 Å². The molecule has 0 aliphatic heterocycles. The van der Waals surface area contributed by atoms with Gasteiger partial charge in [0.2, 0.25) is 0 Å². The summed E-state index contributed by atoms with van der Waals surface area (Å²) in [5, 5.41) is 3.54. The summed E-state index contributed by atoms with van der Waals surface area (Å²) in [7, 11) is 2.06. The van der Waals surface area contributed by atoms with Crippen molar-refractivity contribution in [3.05, 3.63) is 53.7 Å². The third-order valence-electron chi connectivity index (χ3n) is 3.75. The van der Waals surface area contributed by atoms with Crippen LogP contribution in [0.5, 0.6) is 0 Å². The Morgan fingerprint density at radius 2 is 1.95 bits per heavy atom. The van der Waals surface area contributed by atoms with Gasteiger partial charge in [-0.1, -0.05) is 17.7 Å². The lowest BCUT2D eigenvalue weighted by Crippen LogP contribution is -2.16. The van der Waals surface area contributed by atoms with Gasteiger partial charge in [-0.25, -0.2) is 4.98 Å². The van der Waals surface area contributed by atoms with Crippen molar-refractivity contribution in [1.29, 1.82) is 0 Å². The Balaban J connectivity index is 1.74. The lowest BCUT2D eigenvalue weighted by molar-refractivity contribution is 0.687. The first-order valence-corrected chi connectivity index (χ1v) is 7.21. The lowest BCUT2D eigenvalue weighted by Gasteiger charge is -2.19. The summed E-state index contributed by atoms with van der Waals surface area (Å²) in [6.07, 6.45) is 4.53. The fourth-order valence-corrected chi connectivity index (χ4v) is 2.20. The van der Waals surface area contributed by atoms with Crippen LogP contribution in [0.2, 0.25) is 0 Å². The van der Waals surface area contributed by atoms with Crippen molar-refractivity contribution in [2.45, 2.75) is 32.4 Å². The summed E-state index contributed by atoms with van der Waals surface area (Å²) in [6, 6.07) is 13.5. The van der Waals surface area contributed by atoms with E-state index in [1.165, 1.54) is 24.0 Å². The van der Waals surface area contributed by atoms with Gasteiger partial charge >= 0.3 is 0 Å². The van der Waals surface area contributed by atoms with Crippen LogP contribution in [0.1, 0.15) is 24.0 Å². The van der Waals surface area contributed by atoms with E-state index < -0.39 is 0 Å². The first kappa shape index (κ1) is 13.1. The molecule has 0 spiro atoms. The van der Waals surface area contributed by atoms with E-state index in [0.29, 0.717) is 0 Å². The molecule has 0 radical (unpaired) electrons. The van der Waals surface area contributed by atoms with Gasteiger partial charge in [-0.05, 0) is 49.6 Å². The van der Waals surface area contributed by atoms with Crippen LogP contribution in [0, 0.1) is 6.92 Å². The van der Waals surface area contributed by atoms with Crippen molar-refractivity contribution in [1.82, 2.24) is 10.3 Å². The first-order chi connectivity index (χ1) is 9.72. The third kappa shape index (κ3) is 3.17. The lowest BCUT2D eigenvalue weighted by atomic mass is 10.2. The zero-order valence-corrected chi connectivity index (χ0v) is 12.1. The summed E-state index contributed by atoms with van der Waals surface area (Å²) >= 11 is 0. The number of hydrogen-bond donors (Lipinski definition) is 1. The Labute approximate surface area is 120 Å². The molecule has 0 amide bonds. The van der Waals surface area contributed by atoms with E-state index >= 15 is 0 Å². The second-order valence-corrected chi connectivity index (χ2v) is 5.57. The van der Waals surface area contributed by atoms with Gasteiger partial charge in [0.15, 0.2) is 0 Å². The van der Waals surface area contributed by atoms with E-state index in [2.05, 4.69) is 65.6 Å². The molecule has 1 N–H and O–H groups in total. The van der Waals surface area contributed by atoms with Crippen LogP contribution in [-0.2, 0) is 6.54 Å². The van der Waals surface area contributed by atoms with E-state index in [9.17, 15) is 0 Å². The number of aryl methyl sites for hydroxylation is 1. The molecule has 0 unspecified atom stereocenters. The Morgan fingerprint density at radius 1 is 1.20 bits per heavy atom. The number of nitrogens with one attached hydrogen (secondary N) is 1. The van der Waals surface area contributed by atoms with Gasteiger partial charge in [-0.3, -0.25) is 0 Å². The second kappa shape index (κ2) is 5.63. The van der Waals surface area contributed by atoms with Gasteiger partial charge < -0.3 is 10.2 Å². The molecule has 104 valence electrons. The molecular weight excluding hydrogens is 246 g/mol. The fourth-order valence-electron chi connectivity index (χ4n) is 2.20. The van der Waals surface area contributed by atoms with E-state index in [1.807, 2.05) is 6.20 Å². The topological polar surface area (TPSA) is 28.2 Å². The highest BCUT2D eigenvalue weighted by atomic mass is 15.2. The smallest absolute Gasteiger partial charge is 0.132 e. The van der Waals surface area contributed by atoms with Crippen LogP contribution in [0.15, 0.2) is 42.6 Å². The minimum absolute atomic E-state index is 0.737. The maximum atomic E-state index is 4.48. The molecule has 0 bridgehead atoms. The largest absolute Gasteiger partial charge is 0.329 e. The molecule has 3 heteroatoms. The van der Waals surface area contributed by atoms with Crippen LogP contribution in [-0.4, -0.2) is 18.1 Å². The molecule has 1 aliphatic rings. The van der Waals surface area contributed by atoms with E-state index in [4.69, 9.17) is 0 Å². The molecule has 3 nitrogen and oxygen atoms in total. The molecule has 3 rings (SSSR count). The number of pyridine rings is 1. The SMILES string of the molecule is Cc1ccc(N(C)c2cc(CNC3CC3)ccn2)cc1. The van der Waals surface area contributed by atoms with Gasteiger partial charge in [0, 0.05) is 31.5 Å². The highest BCUT2D eigenvalue weighted by molar-refractivity contribution is 5.59. The summed E-state index contributed by atoms with van der Waals surface area (Å²) in [6.45, 7) is 3.04. The van der Waals surface area contributed by atoms with Crippen molar-refractivity contribution in [3.8, 4) is 0 Å². The third-order valence-corrected chi connectivity index (χ3v) is 3.75. The maximum Gasteiger partial charge on any atom is 0.132 e. The molecule has 20 heavy (non-hydrogen) atoms. The van der Waals surface area contributed by atoms with Crippen LogP contribution in [0.25, 0.3) is 0 Å². The fraction of sp³-hybridized carbons (Fsp3) is 0.353. The predicted octanol–water partition coefficient (Wildman–Crippen LogP) is 3.41. The molecular formula is C17H21N3. The number of benzene rings is 1. The number of rotatable bonds is 5. The molecule has 1 heterocycles. The monoisotopic (exact) mass is 267 g/mol. The minimum atomic E-state index is 0.737. The van der Waals surface area contributed by atoms with E-state index in [0.717, 1.165) is 24.1 Å². The van der Waals surface area contributed by atoms with E-state index in [1.54, 1.807) is 0 Å². The Hall–Kier alpha value is -1.87. The number of aromatic nitrogens is 1. The molecule has 0 saturated heterocycles. The number of anilines is 2. The molecule has 1 aromatic carbocycles. The number of nitrogens with zero attached hydrogens (tertiary/aromatic N) is 2. The van der Waals surface area contributed by atoms with Crippen LogP contribution in [0.3, 0.4) is 0 Å². The summed E-state index contributed by atoms with van der Waals surface area (Å²) in [5.41, 5.74) is 3.73. The Bertz CT molecular complexity index is 573. The minimum Gasteiger partial charge on any atom is -0.329 e. The molecule has 1 saturated carbocycles. The van der Waals surface area contributed by atoms with Crippen LogP contribution >= 0.6 is 0 Å². The van der Waals surface area contributed by atoms with Gasteiger partial charge in [-0.15, -0.1) is 0 Å². The van der Waals surface area contributed by atoms with Gasteiger partial charge in [0.1, 0.15) is 5.82 Å². The molecule has 2 aromatic rings. The van der Waals surface area contributed by atoms with Crippen LogP contribution in [0.4, 0.5) is 11.5 Å². The molecule has 1 aliphatic carbocycles. The Morgan fingerprint density at radius 3 is 2.65 bits per heavy atom. The maximum absolute atomic E-state index is 4.48. The van der Waals surface area contributed by atoms with Gasteiger partial charge in [0.05, 0.1) is 0 Å². The van der Waals surface area contributed by atoms with Gasteiger partial charge in [0.25, 0.3) is 0 Å². The quantitative estimate of drug-likeness (QED) is 0.900. The zero-order chi connectivity index (χ0) is 13.9. The Kier molecular flexibility index (Phi) is 3.70. The van der Waals surface area contributed by atoms with Crippen molar-refractivity contribution in [2.24, 2.45) is 0 Å². The average molecular weight is 267 g/mol. The summed E-state index contributed by atoms with van der Waals surface area (Å²) in [4.78, 5) is 6.60. The highest BCUT2D eigenvalue weighted by Gasteiger charge is 2.20. The summed E-state index contributed by atoms with van der Waals surface area (Å²) in [5.74, 6) is 0.990. The van der Waals surface area contributed by atoms with Crippen LogP contribution < -0.4 is 10.2 Å². The van der Waals surface area contributed by atoms with Crippen molar-refractivity contribution >= 4 is 11.5 Å². The van der Waals surface area contributed by atoms with Crippen molar-refractivity contribution < 1.29 is 0 Å². The highest BCUT2D eigenvalue weighted by Crippen LogP contribution is 2.23. The first-order valence-electron chi connectivity index (χ1n) is 7.21. The normalized spacial score (nSPS) is 14.3. The van der Waals surface area contributed by atoms with Crippen molar-refractivity contribution in [3.63, 3.8) is 0 Å². The van der Waals surface area contributed by atoms with E-state index in [-0.39, 0.29) is 0 Å².